The Morgan fingerprint density at radius 2 is 1.71 bits per heavy atom. The predicted molar refractivity (Wildman–Crippen MR) is 132 cm³/mol. The van der Waals surface area contributed by atoms with Gasteiger partial charge >= 0.3 is 0 Å². The number of hydrogen-bond acceptors (Lipinski definition) is 4. The van der Waals surface area contributed by atoms with Crippen LogP contribution in [0.3, 0.4) is 0 Å². The number of H-pyrrole nitrogens is 2. The molecule has 0 amide bonds. The topological polar surface area (TPSA) is 83.1 Å². The fraction of sp³-hybridized carbons (Fsp3) is 0.154. The molecule has 2 N–H and O–H groups in total. The molecule has 0 radical (unpaired) electrons. The SMILES string of the molecule is CC/C(=C(/c1ccc(CCc2nn[nH]n2)cc1)c1ccc2n[nH]c(F)c2c1)c1ccc(F)cc1Cl. The van der Waals surface area contributed by atoms with Crippen molar-refractivity contribution in [3.63, 3.8) is 0 Å². The second-order valence-electron chi connectivity index (χ2n) is 8.13. The zero-order valence-electron chi connectivity index (χ0n) is 18.8. The first-order valence-corrected chi connectivity index (χ1v) is 11.6. The minimum absolute atomic E-state index is 0.326. The van der Waals surface area contributed by atoms with Gasteiger partial charge in [0.15, 0.2) is 5.82 Å². The van der Waals surface area contributed by atoms with E-state index in [1.807, 2.05) is 37.3 Å². The summed E-state index contributed by atoms with van der Waals surface area (Å²) < 4.78 is 28.1. The van der Waals surface area contributed by atoms with Crippen LogP contribution in [0.5, 0.6) is 0 Å². The molecule has 176 valence electrons. The fourth-order valence-corrected chi connectivity index (χ4v) is 4.55. The number of nitrogens with one attached hydrogen (secondary N) is 2. The van der Waals surface area contributed by atoms with Crippen molar-refractivity contribution in [1.29, 1.82) is 0 Å². The summed E-state index contributed by atoms with van der Waals surface area (Å²) in [6, 6.07) is 18.0. The van der Waals surface area contributed by atoms with Crippen LogP contribution in [0.2, 0.25) is 5.02 Å². The van der Waals surface area contributed by atoms with Gasteiger partial charge in [-0.25, -0.2) is 4.39 Å². The average molecular weight is 491 g/mol. The molecule has 0 atom stereocenters. The molecule has 35 heavy (non-hydrogen) atoms. The molecular formula is C26H21ClF2N6. The maximum Gasteiger partial charge on any atom is 0.216 e. The zero-order valence-corrected chi connectivity index (χ0v) is 19.6. The van der Waals surface area contributed by atoms with Crippen LogP contribution in [-0.2, 0) is 12.8 Å². The van der Waals surface area contributed by atoms with Gasteiger partial charge in [0.1, 0.15) is 5.82 Å². The predicted octanol–water partition coefficient (Wildman–Crippen LogP) is 6.16. The molecule has 3 aromatic carbocycles. The van der Waals surface area contributed by atoms with Crippen molar-refractivity contribution in [3.8, 4) is 0 Å². The first-order valence-electron chi connectivity index (χ1n) is 11.2. The zero-order chi connectivity index (χ0) is 24.4. The summed E-state index contributed by atoms with van der Waals surface area (Å²) in [6.45, 7) is 2.02. The van der Waals surface area contributed by atoms with Gasteiger partial charge in [0.2, 0.25) is 5.95 Å². The molecular weight excluding hydrogens is 470 g/mol. The number of hydrogen-bond donors (Lipinski definition) is 2. The lowest BCUT2D eigenvalue weighted by atomic mass is 9.87. The highest BCUT2D eigenvalue weighted by atomic mass is 35.5. The number of rotatable bonds is 7. The Labute approximate surface area is 205 Å². The molecule has 0 bridgehead atoms. The maximum absolute atomic E-state index is 14.3. The Morgan fingerprint density at radius 1 is 0.914 bits per heavy atom. The molecule has 0 saturated carbocycles. The van der Waals surface area contributed by atoms with Crippen LogP contribution in [0.25, 0.3) is 22.0 Å². The normalized spacial score (nSPS) is 12.2. The van der Waals surface area contributed by atoms with Gasteiger partial charge in [-0.15, -0.1) is 10.2 Å². The van der Waals surface area contributed by atoms with Crippen LogP contribution in [0.4, 0.5) is 8.78 Å². The second kappa shape index (κ2) is 9.76. The van der Waals surface area contributed by atoms with E-state index in [1.54, 1.807) is 18.2 Å². The molecule has 0 aliphatic carbocycles. The summed E-state index contributed by atoms with van der Waals surface area (Å²) in [6.07, 6.45) is 2.06. The summed E-state index contributed by atoms with van der Waals surface area (Å²) >= 11 is 6.47. The number of aromatic amines is 2. The summed E-state index contributed by atoms with van der Waals surface area (Å²) in [5, 5.41) is 21.2. The van der Waals surface area contributed by atoms with Gasteiger partial charge in [0.05, 0.1) is 15.9 Å². The molecule has 6 nitrogen and oxygen atoms in total. The van der Waals surface area contributed by atoms with Gasteiger partial charge in [-0.05, 0) is 70.5 Å². The van der Waals surface area contributed by atoms with Crippen molar-refractivity contribution < 1.29 is 8.78 Å². The molecule has 0 unspecified atom stereocenters. The largest absolute Gasteiger partial charge is 0.252 e. The lowest BCUT2D eigenvalue weighted by molar-refractivity contribution is 0.588. The van der Waals surface area contributed by atoms with Crippen molar-refractivity contribution >= 4 is 33.7 Å². The number of halogens is 3. The quantitative estimate of drug-likeness (QED) is 0.267. The van der Waals surface area contributed by atoms with Gasteiger partial charge in [0.25, 0.3) is 0 Å². The Morgan fingerprint density at radius 3 is 2.43 bits per heavy atom. The standard InChI is InChI=1S/C26H21ClF2N6/c1-2-19(20-10-9-18(28)14-22(20)27)25(17-8-11-23-21(13-17)26(29)33-30-23)16-6-3-15(4-7-16)5-12-24-31-34-35-32-24/h3-4,6-11,13-14H,2,5,12H2,1H3,(H,30,33)(H,31,32,34,35)/b25-19+. The first-order chi connectivity index (χ1) is 17.0. The Balaban J connectivity index is 1.62. The monoisotopic (exact) mass is 490 g/mol. The van der Waals surface area contributed by atoms with Gasteiger partial charge in [0, 0.05) is 6.42 Å². The van der Waals surface area contributed by atoms with E-state index >= 15 is 0 Å². The van der Waals surface area contributed by atoms with Crippen molar-refractivity contribution in [2.24, 2.45) is 0 Å². The van der Waals surface area contributed by atoms with E-state index in [2.05, 4.69) is 30.8 Å². The first kappa shape index (κ1) is 22.9. The lowest BCUT2D eigenvalue weighted by Crippen LogP contribution is -1.98. The third-order valence-corrected chi connectivity index (χ3v) is 6.29. The van der Waals surface area contributed by atoms with Crippen molar-refractivity contribution in [2.75, 3.05) is 0 Å². The minimum atomic E-state index is -0.490. The van der Waals surface area contributed by atoms with Crippen LogP contribution in [0.1, 0.15) is 41.4 Å². The van der Waals surface area contributed by atoms with Crippen molar-refractivity contribution in [1.82, 2.24) is 30.8 Å². The summed E-state index contributed by atoms with van der Waals surface area (Å²) in [4.78, 5) is 0. The summed E-state index contributed by atoms with van der Waals surface area (Å²) in [5.74, 6) is -0.233. The Hall–Kier alpha value is -3.91. The number of aryl methyl sites for hydroxylation is 2. The molecule has 2 aromatic heterocycles. The van der Waals surface area contributed by atoms with E-state index < -0.39 is 11.8 Å². The van der Waals surface area contributed by atoms with E-state index in [4.69, 9.17) is 11.6 Å². The van der Waals surface area contributed by atoms with E-state index in [-0.39, 0.29) is 0 Å². The van der Waals surface area contributed by atoms with E-state index in [1.165, 1.54) is 12.1 Å². The molecule has 0 saturated heterocycles. The van der Waals surface area contributed by atoms with E-state index in [0.717, 1.165) is 39.8 Å². The second-order valence-corrected chi connectivity index (χ2v) is 8.53. The highest BCUT2D eigenvalue weighted by Crippen LogP contribution is 2.38. The summed E-state index contributed by atoms with van der Waals surface area (Å²) in [5.41, 5.74) is 5.97. The number of nitrogens with zero attached hydrogens (tertiary/aromatic N) is 4. The van der Waals surface area contributed by atoms with Gasteiger partial charge < -0.3 is 0 Å². The molecule has 2 heterocycles. The lowest BCUT2D eigenvalue weighted by Gasteiger charge is -2.18. The number of aromatic nitrogens is 6. The third kappa shape index (κ3) is 4.70. The molecule has 0 aliphatic rings. The van der Waals surface area contributed by atoms with Crippen molar-refractivity contribution in [2.45, 2.75) is 26.2 Å². The van der Waals surface area contributed by atoms with Crippen LogP contribution in [-0.4, -0.2) is 30.8 Å². The number of fused-ring (bicyclic) bond motifs is 1. The number of allylic oxidation sites excluding steroid dienone is 1. The molecule has 0 spiro atoms. The van der Waals surface area contributed by atoms with Gasteiger partial charge in [-0.3, -0.25) is 5.10 Å². The molecule has 0 fully saturated rings. The highest BCUT2D eigenvalue weighted by Gasteiger charge is 2.17. The Bertz CT molecular complexity index is 1510. The van der Waals surface area contributed by atoms with Gasteiger partial charge in [-0.1, -0.05) is 60.1 Å². The average Bonchev–Trinajstić information content (AvgIpc) is 3.52. The van der Waals surface area contributed by atoms with Crippen LogP contribution in [0, 0.1) is 11.8 Å². The summed E-state index contributed by atoms with van der Waals surface area (Å²) in [7, 11) is 0. The molecule has 5 aromatic rings. The van der Waals surface area contributed by atoms with Crippen LogP contribution >= 0.6 is 11.6 Å². The molecule has 9 heteroatoms. The third-order valence-electron chi connectivity index (χ3n) is 5.98. The minimum Gasteiger partial charge on any atom is -0.252 e. The number of tetrazole rings is 1. The molecule has 0 aliphatic heterocycles. The van der Waals surface area contributed by atoms with Crippen LogP contribution < -0.4 is 0 Å². The molecule has 5 rings (SSSR count). The van der Waals surface area contributed by atoms with Gasteiger partial charge in [-0.2, -0.15) is 14.7 Å². The smallest absolute Gasteiger partial charge is 0.216 e. The Kier molecular flexibility index (Phi) is 6.37. The van der Waals surface area contributed by atoms with Crippen molar-refractivity contribution in [3.05, 3.63) is 106 Å². The van der Waals surface area contributed by atoms with E-state index in [9.17, 15) is 8.78 Å². The fourth-order valence-electron chi connectivity index (χ4n) is 4.27. The highest BCUT2D eigenvalue weighted by molar-refractivity contribution is 6.32. The maximum atomic E-state index is 14.3. The van der Waals surface area contributed by atoms with E-state index in [0.29, 0.717) is 34.6 Å². The number of benzene rings is 3. The van der Waals surface area contributed by atoms with Crippen LogP contribution in [0.15, 0.2) is 60.7 Å².